The molecular weight excluding hydrogens is 326 g/mol. The van der Waals surface area contributed by atoms with Gasteiger partial charge >= 0.3 is 5.97 Å². The fourth-order valence-corrected chi connectivity index (χ4v) is 1.88. The van der Waals surface area contributed by atoms with Gasteiger partial charge in [-0.1, -0.05) is 6.07 Å². The van der Waals surface area contributed by atoms with Gasteiger partial charge in [0, 0.05) is 24.7 Å². The molecule has 0 saturated heterocycles. The fourth-order valence-electron chi connectivity index (χ4n) is 1.88. The molecule has 0 aliphatic heterocycles. The largest absolute Gasteiger partial charge is 0.477 e. The number of hydrogen-bond donors (Lipinski definition) is 3. The highest BCUT2D eigenvalue weighted by Crippen LogP contribution is 2.16. The number of carboxylic acid groups (broad SMARTS) is 1. The third-order valence-corrected chi connectivity index (χ3v) is 3.36. The Kier molecular flexibility index (Phi) is 5.80. The Morgan fingerprint density at radius 3 is 2.36 bits per heavy atom. The monoisotopic (exact) mass is 343 g/mol. The molecule has 130 valence electrons. The van der Waals surface area contributed by atoms with Gasteiger partial charge in [0.15, 0.2) is 0 Å². The number of amides is 2. The molecule has 2 aromatic rings. The maximum absolute atomic E-state index is 12.2. The third-order valence-electron chi connectivity index (χ3n) is 3.36. The number of nitrogens with one attached hydrogen (secondary N) is 2. The molecule has 0 spiro atoms. The number of ether oxygens (including phenoxy) is 1. The summed E-state index contributed by atoms with van der Waals surface area (Å²) in [7, 11) is 1.44. The normalized spacial score (nSPS) is 11.4. The molecule has 0 fully saturated rings. The van der Waals surface area contributed by atoms with Crippen LogP contribution in [0.3, 0.4) is 0 Å². The van der Waals surface area contributed by atoms with E-state index in [1.165, 1.54) is 25.4 Å². The van der Waals surface area contributed by atoms with Gasteiger partial charge in [-0.25, -0.2) is 9.78 Å². The molecule has 1 aromatic heterocycles. The lowest BCUT2D eigenvalue weighted by Crippen LogP contribution is -2.26. The number of benzene rings is 1. The predicted molar refractivity (Wildman–Crippen MR) is 90.7 cm³/mol. The number of aromatic carboxylic acids is 1. The van der Waals surface area contributed by atoms with Crippen LogP contribution in [0.2, 0.25) is 0 Å². The summed E-state index contributed by atoms with van der Waals surface area (Å²) >= 11 is 0. The van der Waals surface area contributed by atoms with E-state index >= 15 is 0 Å². The van der Waals surface area contributed by atoms with Crippen LogP contribution in [0.4, 0.5) is 11.4 Å². The highest BCUT2D eigenvalue weighted by molar-refractivity contribution is 6.04. The number of methoxy groups -OCH3 is 1. The molecule has 8 nitrogen and oxygen atoms in total. The summed E-state index contributed by atoms with van der Waals surface area (Å²) in [5, 5.41) is 14.1. The van der Waals surface area contributed by atoms with E-state index in [1.807, 2.05) is 0 Å². The molecule has 1 heterocycles. The standard InChI is InChI=1S/C17H17N3O5/c1-10(25-2)15(21)19-12-4-3-5-13(8-12)20-16(22)11-6-7-14(17(23)24)18-9-11/h3-10H,1-2H3,(H,19,21)(H,20,22)(H,23,24). The molecule has 8 heteroatoms. The van der Waals surface area contributed by atoms with Gasteiger partial charge in [-0.05, 0) is 37.3 Å². The van der Waals surface area contributed by atoms with E-state index in [1.54, 1.807) is 31.2 Å². The lowest BCUT2D eigenvalue weighted by atomic mass is 10.2. The topological polar surface area (TPSA) is 118 Å². The molecule has 3 N–H and O–H groups in total. The van der Waals surface area contributed by atoms with E-state index in [4.69, 9.17) is 9.84 Å². The first-order chi connectivity index (χ1) is 11.9. The number of anilines is 2. The molecule has 0 aliphatic rings. The number of rotatable bonds is 6. The SMILES string of the molecule is COC(C)C(=O)Nc1cccc(NC(=O)c2ccc(C(=O)O)nc2)c1. The Hall–Kier alpha value is -3.26. The van der Waals surface area contributed by atoms with Crippen molar-refractivity contribution < 1.29 is 24.2 Å². The number of aromatic nitrogens is 1. The van der Waals surface area contributed by atoms with Crippen molar-refractivity contribution in [1.29, 1.82) is 0 Å². The van der Waals surface area contributed by atoms with Gasteiger partial charge in [0.05, 0.1) is 5.56 Å². The molecule has 1 unspecified atom stereocenters. The minimum absolute atomic E-state index is 0.145. The first-order valence-electron chi connectivity index (χ1n) is 7.35. The van der Waals surface area contributed by atoms with Crippen LogP contribution in [0.1, 0.15) is 27.8 Å². The number of pyridine rings is 1. The van der Waals surface area contributed by atoms with Crippen molar-refractivity contribution in [3.63, 3.8) is 0 Å². The van der Waals surface area contributed by atoms with Crippen molar-refractivity contribution in [2.45, 2.75) is 13.0 Å². The molecule has 2 rings (SSSR count). The van der Waals surface area contributed by atoms with Crippen LogP contribution in [0.15, 0.2) is 42.6 Å². The maximum atomic E-state index is 12.2. The lowest BCUT2D eigenvalue weighted by molar-refractivity contribution is -0.124. The number of hydrogen-bond acceptors (Lipinski definition) is 5. The van der Waals surface area contributed by atoms with E-state index in [0.717, 1.165) is 0 Å². The van der Waals surface area contributed by atoms with Crippen LogP contribution >= 0.6 is 0 Å². The van der Waals surface area contributed by atoms with E-state index in [0.29, 0.717) is 11.4 Å². The zero-order valence-corrected chi connectivity index (χ0v) is 13.6. The Bertz CT molecular complexity index is 789. The van der Waals surface area contributed by atoms with E-state index < -0.39 is 18.0 Å². The van der Waals surface area contributed by atoms with Crippen molar-refractivity contribution in [2.75, 3.05) is 17.7 Å². The maximum Gasteiger partial charge on any atom is 0.354 e. The van der Waals surface area contributed by atoms with E-state index in [2.05, 4.69) is 15.6 Å². The molecule has 0 aliphatic carbocycles. The zero-order chi connectivity index (χ0) is 18.4. The van der Waals surface area contributed by atoms with E-state index in [-0.39, 0.29) is 17.2 Å². The average molecular weight is 343 g/mol. The third kappa shape index (κ3) is 4.85. The van der Waals surface area contributed by atoms with Gasteiger partial charge in [0.25, 0.3) is 11.8 Å². The molecule has 25 heavy (non-hydrogen) atoms. The highest BCUT2D eigenvalue weighted by Gasteiger charge is 2.13. The van der Waals surface area contributed by atoms with Crippen LogP contribution in [-0.2, 0) is 9.53 Å². The quantitative estimate of drug-likeness (QED) is 0.738. The lowest BCUT2D eigenvalue weighted by Gasteiger charge is -2.12. The summed E-state index contributed by atoms with van der Waals surface area (Å²) in [6.07, 6.45) is 0.585. The molecular formula is C17H17N3O5. The zero-order valence-electron chi connectivity index (χ0n) is 13.6. The molecule has 2 amide bonds. The predicted octanol–water partition coefficient (Wildman–Crippen LogP) is 2.01. The second-order valence-electron chi connectivity index (χ2n) is 5.14. The Morgan fingerprint density at radius 2 is 1.80 bits per heavy atom. The van der Waals surface area contributed by atoms with Crippen molar-refractivity contribution in [2.24, 2.45) is 0 Å². The van der Waals surface area contributed by atoms with Crippen molar-refractivity contribution in [3.05, 3.63) is 53.9 Å². The Morgan fingerprint density at radius 1 is 1.12 bits per heavy atom. The summed E-state index contributed by atoms with van der Waals surface area (Å²) in [6.45, 7) is 1.62. The fraction of sp³-hybridized carbons (Fsp3) is 0.176. The number of nitrogens with zero attached hydrogens (tertiary/aromatic N) is 1. The highest BCUT2D eigenvalue weighted by atomic mass is 16.5. The first-order valence-corrected chi connectivity index (χ1v) is 7.35. The Labute approximate surface area is 143 Å². The molecule has 0 radical (unpaired) electrons. The molecule has 1 atom stereocenters. The second-order valence-corrected chi connectivity index (χ2v) is 5.14. The summed E-state index contributed by atoms with van der Waals surface area (Å²) in [6, 6.07) is 9.23. The first kappa shape index (κ1) is 18.1. The minimum atomic E-state index is -1.17. The van der Waals surface area contributed by atoms with Gasteiger partial charge in [0.2, 0.25) is 0 Å². The molecule has 0 bridgehead atoms. The van der Waals surface area contributed by atoms with E-state index in [9.17, 15) is 14.4 Å². The van der Waals surface area contributed by atoms with Crippen LogP contribution < -0.4 is 10.6 Å². The number of carbonyl (C=O) groups excluding carboxylic acids is 2. The minimum Gasteiger partial charge on any atom is -0.477 e. The summed E-state index contributed by atoms with van der Waals surface area (Å²) in [5.74, 6) is -1.92. The van der Waals surface area contributed by atoms with Gasteiger partial charge < -0.3 is 20.5 Å². The number of carboxylic acids is 1. The summed E-state index contributed by atoms with van der Waals surface area (Å²) in [5.41, 5.74) is 1.04. The van der Waals surface area contributed by atoms with Gasteiger partial charge in [0.1, 0.15) is 11.8 Å². The van der Waals surface area contributed by atoms with Crippen LogP contribution in [0.25, 0.3) is 0 Å². The number of carbonyl (C=O) groups is 3. The summed E-state index contributed by atoms with van der Waals surface area (Å²) in [4.78, 5) is 38.4. The van der Waals surface area contributed by atoms with Crippen molar-refractivity contribution in [3.8, 4) is 0 Å². The summed E-state index contributed by atoms with van der Waals surface area (Å²) < 4.78 is 4.93. The van der Waals surface area contributed by atoms with Crippen LogP contribution in [-0.4, -0.2) is 41.1 Å². The van der Waals surface area contributed by atoms with Crippen molar-refractivity contribution >= 4 is 29.2 Å². The van der Waals surface area contributed by atoms with Crippen molar-refractivity contribution in [1.82, 2.24) is 4.98 Å². The van der Waals surface area contributed by atoms with Gasteiger partial charge in [-0.15, -0.1) is 0 Å². The smallest absolute Gasteiger partial charge is 0.354 e. The Balaban J connectivity index is 2.07. The van der Waals surface area contributed by atoms with Gasteiger partial charge in [-0.2, -0.15) is 0 Å². The average Bonchev–Trinajstić information content (AvgIpc) is 2.61. The second kappa shape index (κ2) is 8.02. The van der Waals surface area contributed by atoms with Crippen LogP contribution in [0, 0.1) is 0 Å². The van der Waals surface area contributed by atoms with Gasteiger partial charge in [-0.3, -0.25) is 9.59 Å². The van der Waals surface area contributed by atoms with Crippen LogP contribution in [0.5, 0.6) is 0 Å². The molecule has 0 saturated carbocycles. The molecule has 1 aromatic carbocycles.